The Hall–Kier alpha value is -1.97. The molecule has 0 aliphatic rings. The topological polar surface area (TPSA) is 99.1 Å². The van der Waals surface area contributed by atoms with Crippen LogP contribution in [0.5, 0.6) is 5.75 Å². The molecule has 0 spiro atoms. The second-order valence-corrected chi connectivity index (χ2v) is 7.07. The van der Waals surface area contributed by atoms with Gasteiger partial charge in [0.2, 0.25) is 0 Å². The van der Waals surface area contributed by atoms with Gasteiger partial charge in [0.1, 0.15) is 11.9 Å². The standard InChI is InChI=1S/C19H22ClNO6S/c1-26-19(23)15-9-7-14(8-10-15)12-21(28(24)25)17(13-22)18(11-20)27-16-5-3-2-4-6-16/h2-10,17-18,22H,11-13H2,1H3,(H,24,25)/p-1/t17-,18+/m1/s1. The van der Waals surface area contributed by atoms with E-state index >= 15 is 0 Å². The zero-order valence-corrected chi connectivity index (χ0v) is 16.8. The first-order chi connectivity index (χ1) is 13.5. The van der Waals surface area contributed by atoms with E-state index in [2.05, 4.69) is 4.74 Å². The SMILES string of the molecule is COC(=O)c1ccc(CN([C@H](CO)[C@H](CCl)Oc2ccccc2)S(=O)[O-])cc1. The Kier molecular flexibility index (Phi) is 8.88. The molecule has 0 heterocycles. The van der Waals surface area contributed by atoms with Crippen molar-refractivity contribution in [3.05, 3.63) is 65.7 Å². The summed E-state index contributed by atoms with van der Waals surface area (Å²) in [7, 11) is 1.28. The van der Waals surface area contributed by atoms with Gasteiger partial charge in [0.15, 0.2) is 0 Å². The summed E-state index contributed by atoms with van der Waals surface area (Å²) in [5, 5.41) is 9.84. The van der Waals surface area contributed by atoms with Crippen molar-refractivity contribution in [3.8, 4) is 5.75 Å². The molecule has 0 radical (unpaired) electrons. The average Bonchev–Trinajstić information content (AvgIpc) is 2.73. The van der Waals surface area contributed by atoms with Crippen molar-refractivity contribution >= 4 is 28.8 Å². The van der Waals surface area contributed by atoms with Crippen LogP contribution < -0.4 is 4.74 Å². The van der Waals surface area contributed by atoms with E-state index in [1.54, 1.807) is 48.5 Å². The number of hydrogen-bond donors (Lipinski definition) is 1. The van der Waals surface area contributed by atoms with Crippen LogP contribution in [0.2, 0.25) is 0 Å². The zero-order chi connectivity index (χ0) is 20.5. The summed E-state index contributed by atoms with van der Waals surface area (Å²) in [6, 6.07) is 14.3. The summed E-state index contributed by atoms with van der Waals surface area (Å²) in [5.41, 5.74) is 0.981. The largest absolute Gasteiger partial charge is 0.760 e. The second-order valence-electron chi connectivity index (χ2n) is 5.85. The van der Waals surface area contributed by atoms with Crippen LogP contribution in [-0.2, 0) is 22.5 Å². The molecule has 0 saturated carbocycles. The van der Waals surface area contributed by atoms with Crippen molar-refractivity contribution in [3.63, 3.8) is 0 Å². The molecule has 28 heavy (non-hydrogen) atoms. The number of carbonyl (C=O) groups excluding carboxylic acids is 1. The van der Waals surface area contributed by atoms with E-state index in [0.717, 1.165) is 4.31 Å². The number of carbonyl (C=O) groups is 1. The van der Waals surface area contributed by atoms with Crippen LogP contribution in [0.1, 0.15) is 15.9 Å². The van der Waals surface area contributed by atoms with Crippen LogP contribution in [0.15, 0.2) is 54.6 Å². The Morgan fingerprint density at radius 3 is 2.36 bits per heavy atom. The minimum Gasteiger partial charge on any atom is -0.760 e. The summed E-state index contributed by atoms with van der Waals surface area (Å²) in [4.78, 5) is 11.5. The highest BCUT2D eigenvalue weighted by Gasteiger charge is 2.29. The number of rotatable bonds is 10. The predicted octanol–water partition coefficient (Wildman–Crippen LogP) is 2.12. The number of ether oxygens (including phenoxy) is 2. The van der Waals surface area contributed by atoms with Gasteiger partial charge < -0.3 is 19.1 Å². The van der Waals surface area contributed by atoms with Gasteiger partial charge in [0.25, 0.3) is 0 Å². The Balaban J connectivity index is 2.19. The lowest BCUT2D eigenvalue weighted by atomic mass is 10.1. The summed E-state index contributed by atoms with van der Waals surface area (Å²) in [5.74, 6) is 0.0166. The molecule has 1 N–H and O–H groups in total. The highest BCUT2D eigenvalue weighted by Crippen LogP contribution is 2.20. The number of aliphatic hydroxyl groups is 1. The number of hydrogen-bond acceptors (Lipinski definition) is 6. The zero-order valence-electron chi connectivity index (χ0n) is 15.2. The molecule has 9 heteroatoms. The first kappa shape index (κ1) is 22.3. The van der Waals surface area contributed by atoms with Gasteiger partial charge >= 0.3 is 5.97 Å². The maximum absolute atomic E-state index is 11.8. The lowest BCUT2D eigenvalue weighted by Gasteiger charge is -2.36. The molecular weight excluding hydrogens is 406 g/mol. The molecule has 152 valence electrons. The molecule has 1 unspecified atom stereocenters. The van der Waals surface area contributed by atoms with Crippen molar-refractivity contribution in [1.82, 2.24) is 4.31 Å². The van der Waals surface area contributed by atoms with Gasteiger partial charge in [-0.3, -0.25) is 4.21 Å². The van der Waals surface area contributed by atoms with Gasteiger partial charge in [0, 0.05) is 17.8 Å². The van der Waals surface area contributed by atoms with Crippen molar-refractivity contribution < 1.29 is 28.1 Å². The molecule has 0 aliphatic heterocycles. The fourth-order valence-corrected chi connectivity index (χ4v) is 3.55. The van der Waals surface area contributed by atoms with Crippen molar-refractivity contribution in [1.29, 1.82) is 0 Å². The molecule has 0 bridgehead atoms. The Labute approximate surface area is 171 Å². The van der Waals surface area contributed by atoms with Crippen molar-refractivity contribution in [2.75, 3.05) is 19.6 Å². The molecule has 0 fully saturated rings. The molecule has 2 aromatic rings. The number of alkyl halides is 1. The monoisotopic (exact) mass is 426 g/mol. The van der Waals surface area contributed by atoms with Crippen LogP contribution in [0.3, 0.4) is 0 Å². The van der Waals surface area contributed by atoms with Crippen molar-refractivity contribution in [2.45, 2.75) is 18.7 Å². The van der Waals surface area contributed by atoms with E-state index in [1.165, 1.54) is 7.11 Å². The van der Waals surface area contributed by atoms with E-state index in [-0.39, 0.29) is 12.4 Å². The van der Waals surface area contributed by atoms with Crippen LogP contribution in [0.25, 0.3) is 0 Å². The van der Waals surface area contributed by atoms with Gasteiger partial charge in [-0.1, -0.05) is 30.3 Å². The molecule has 2 aromatic carbocycles. The number of aliphatic hydroxyl groups excluding tert-OH is 1. The van der Waals surface area contributed by atoms with Gasteiger partial charge in [-0.05, 0) is 29.8 Å². The highest BCUT2D eigenvalue weighted by atomic mass is 35.5. The summed E-state index contributed by atoms with van der Waals surface area (Å²) >= 11 is 3.36. The average molecular weight is 427 g/mol. The molecule has 0 saturated heterocycles. The first-order valence-corrected chi connectivity index (χ1v) is 9.98. The second kappa shape index (κ2) is 11.1. The molecule has 2 rings (SSSR count). The van der Waals surface area contributed by atoms with Crippen LogP contribution in [0.4, 0.5) is 0 Å². The third kappa shape index (κ3) is 6.02. The number of para-hydroxylation sites is 1. The molecule has 3 atom stereocenters. The van der Waals surface area contributed by atoms with E-state index in [9.17, 15) is 18.7 Å². The van der Waals surface area contributed by atoms with Gasteiger partial charge in [0.05, 0.1) is 31.2 Å². The fraction of sp³-hybridized carbons (Fsp3) is 0.316. The van der Waals surface area contributed by atoms with Crippen LogP contribution >= 0.6 is 11.6 Å². The molecule has 0 amide bonds. The number of benzene rings is 2. The quantitative estimate of drug-likeness (QED) is 0.355. The summed E-state index contributed by atoms with van der Waals surface area (Å²) in [6.07, 6.45) is -0.763. The molecule has 0 aromatic heterocycles. The maximum Gasteiger partial charge on any atom is 0.337 e. The number of nitrogens with zero attached hydrogens (tertiary/aromatic N) is 1. The smallest absolute Gasteiger partial charge is 0.337 e. The first-order valence-electron chi connectivity index (χ1n) is 8.42. The van der Waals surface area contributed by atoms with E-state index in [0.29, 0.717) is 16.9 Å². The minimum atomic E-state index is -2.64. The Morgan fingerprint density at radius 2 is 1.86 bits per heavy atom. The lowest BCUT2D eigenvalue weighted by Crippen LogP contribution is -2.49. The molecular formula is C19H21ClNO6S-. The Bertz CT molecular complexity index is 774. The minimum absolute atomic E-state index is 0.0188. The molecule has 7 nitrogen and oxygen atoms in total. The number of esters is 1. The normalized spacial score (nSPS) is 14.3. The predicted molar refractivity (Wildman–Crippen MR) is 105 cm³/mol. The van der Waals surface area contributed by atoms with E-state index in [1.807, 2.05) is 6.07 Å². The van der Waals surface area contributed by atoms with E-state index < -0.39 is 36.0 Å². The van der Waals surface area contributed by atoms with Gasteiger partial charge in [-0.2, -0.15) is 0 Å². The third-order valence-electron chi connectivity index (χ3n) is 4.07. The summed E-state index contributed by atoms with van der Waals surface area (Å²) in [6.45, 7) is -0.493. The van der Waals surface area contributed by atoms with Gasteiger partial charge in [-0.15, -0.1) is 11.6 Å². The fourth-order valence-electron chi connectivity index (χ4n) is 2.61. The summed E-state index contributed by atoms with van der Waals surface area (Å²) < 4.78 is 35.2. The Morgan fingerprint density at radius 1 is 1.21 bits per heavy atom. The van der Waals surface area contributed by atoms with Crippen LogP contribution in [-0.4, -0.2) is 55.9 Å². The maximum atomic E-state index is 11.8. The van der Waals surface area contributed by atoms with E-state index in [4.69, 9.17) is 16.3 Å². The van der Waals surface area contributed by atoms with Crippen LogP contribution in [0, 0.1) is 0 Å². The highest BCUT2D eigenvalue weighted by molar-refractivity contribution is 7.76. The lowest BCUT2D eigenvalue weighted by molar-refractivity contribution is 0.0600. The molecule has 0 aliphatic carbocycles. The number of halogens is 1. The van der Waals surface area contributed by atoms with Gasteiger partial charge in [-0.25, -0.2) is 9.10 Å². The number of methoxy groups -OCH3 is 1. The van der Waals surface area contributed by atoms with Crippen molar-refractivity contribution in [2.24, 2.45) is 0 Å². The third-order valence-corrected chi connectivity index (χ3v) is 5.16.